The van der Waals surface area contributed by atoms with Crippen LogP contribution in [0.3, 0.4) is 0 Å². The van der Waals surface area contributed by atoms with E-state index in [0.29, 0.717) is 5.69 Å². The molecule has 0 aliphatic carbocycles. The first kappa shape index (κ1) is 13.8. The van der Waals surface area contributed by atoms with Crippen molar-refractivity contribution in [1.82, 2.24) is 0 Å². The number of nitrogens with one attached hydrogen (secondary N) is 1. The van der Waals surface area contributed by atoms with Gasteiger partial charge in [-0.3, -0.25) is 4.72 Å². The Morgan fingerprint density at radius 2 is 1.53 bits per heavy atom. The van der Waals surface area contributed by atoms with E-state index < -0.39 is 14.8 Å². The van der Waals surface area contributed by atoms with E-state index in [9.17, 15) is 8.42 Å². The molecule has 0 amide bonds. The van der Waals surface area contributed by atoms with E-state index in [1.54, 1.807) is 32.9 Å². The molecule has 0 radical (unpaired) electrons. The highest BCUT2D eigenvalue weighted by Crippen LogP contribution is 2.21. The SMILES string of the molecule is CN(C)c1ccc(NS(=O)(=O)C(C)(C)C)cc1. The second-order valence-corrected chi connectivity index (χ2v) is 7.59. The summed E-state index contributed by atoms with van der Waals surface area (Å²) in [6, 6.07) is 7.28. The van der Waals surface area contributed by atoms with Gasteiger partial charge >= 0.3 is 0 Å². The fraction of sp³-hybridized carbons (Fsp3) is 0.500. The maximum absolute atomic E-state index is 11.9. The molecule has 0 heterocycles. The summed E-state index contributed by atoms with van der Waals surface area (Å²) >= 11 is 0. The van der Waals surface area contributed by atoms with Gasteiger partial charge in [0, 0.05) is 25.5 Å². The van der Waals surface area contributed by atoms with Gasteiger partial charge in [-0.2, -0.15) is 0 Å². The monoisotopic (exact) mass is 256 g/mol. The van der Waals surface area contributed by atoms with Gasteiger partial charge in [-0.05, 0) is 45.0 Å². The lowest BCUT2D eigenvalue weighted by Gasteiger charge is -2.21. The zero-order valence-electron chi connectivity index (χ0n) is 11.0. The topological polar surface area (TPSA) is 49.4 Å². The Labute approximate surface area is 104 Å². The lowest BCUT2D eigenvalue weighted by molar-refractivity contribution is 0.566. The molecule has 1 aromatic rings. The third-order valence-corrected chi connectivity index (χ3v) is 4.56. The van der Waals surface area contributed by atoms with E-state index in [1.165, 1.54) is 0 Å². The fourth-order valence-electron chi connectivity index (χ4n) is 1.14. The van der Waals surface area contributed by atoms with Gasteiger partial charge in [-0.25, -0.2) is 8.42 Å². The summed E-state index contributed by atoms with van der Waals surface area (Å²) in [4.78, 5) is 1.96. The average molecular weight is 256 g/mol. The summed E-state index contributed by atoms with van der Waals surface area (Å²) in [6.45, 7) is 5.01. The molecule has 0 fully saturated rings. The highest BCUT2D eigenvalue weighted by atomic mass is 32.2. The van der Waals surface area contributed by atoms with E-state index in [4.69, 9.17) is 0 Å². The van der Waals surface area contributed by atoms with Crippen LogP contribution in [0.2, 0.25) is 0 Å². The molecule has 1 rings (SSSR count). The normalized spacial score (nSPS) is 12.3. The van der Waals surface area contributed by atoms with Crippen LogP contribution in [0.5, 0.6) is 0 Å². The Balaban J connectivity index is 2.91. The number of hydrogen-bond donors (Lipinski definition) is 1. The number of anilines is 2. The summed E-state index contributed by atoms with van der Waals surface area (Å²) in [7, 11) is 0.530. The molecule has 0 bridgehead atoms. The van der Waals surface area contributed by atoms with Crippen LogP contribution in [0.4, 0.5) is 11.4 Å². The summed E-state index contributed by atoms with van der Waals surface area (Å²) in [5, 5.41) is 0. The molecule has 0 saturated carbocycles. The minimum absolute atomic E-state index is 0.588. The number of nitrogens with zero attached hydrogens (tertiary/aromatic N) is 1. The van der Waals surface area contributed by atoms with Crippen LogP contribution in [-0.4, -0.2) is 27.3 Å². The third-order valence-electron chi connectivity index (χ3n) is 2.44. The standard InChI is InChI=1S/C12H20N2O2S/c1-12(2,3)17(15,16)13-10-6-8-11(9-7-10)14(4)5/h6-9,13H,1-5H3. The van der Waals surface area contributed by atoms with E-state index >= 15 is 0 Å². The van der Waals surface area contributed by atoms with Crippen molar-refractivity contribution in [3.8, 4) is 0 Å². The Hall–Kier alpha value is -1.23. The van der Waals surface area contributed by atoms with Gasteiger partial charge in [0.05, 0.1) is 4.75 Å². The molecule has 0 aromatic heterocycles. The minimum Gasteiger partial charge on any atom is -0.378 e. The van der Waals surface area contributed by atoms with Crippen molar-refractivity contribution in [2.75, 3.05) is 23.7 Å². The first-order chi connectivity index (χ1) is 7.63. The fourth-order valence-corrected chi connectivity index (χ4v) is 1.89. The molecule has 1 aromatic carbocycles. The minimum atomic E-state index is -3.35. The van der Waals surface area contributed by atoms with E-state index in [0.717, 1.165) is 5.69 Å². The van der Waals surface area contributed by atoms with Crippen molar-refractivity contribution in [3.63, 3.8) is 0 Å². The number of rotatable bonds is 3. The lowest BCUT2D eigenvalue weighted by Crippen LogP contribution is -2.33. The van der Waals surface area contributed by atoms with Crippen molar-refractivity contribution < 1.29 is 8.42 Å². The van der Waals surface area contributed by atoms with E-state index in [1.807, 2.05) is 31.1 Å². The highest BCUT2D eigenvalue weighted by molar-refractivity contribution is 7.94. The Bertz CT molecular complexity index is 470. The van der Waals surface area contributed by atoms with E-state index in [-0.39, 0.29) is 0 Å². The maximum Gasteiger partial charge on any atom is 0.237 e. The molecule has 0 spiro atoms. The summed E-state index contributed by atoms with van der Waals surface area (Å²) in [6.07, 6.45) is 0. The molecule has 0 atom stereocenters. The number of benzene rings is 1. The van der Waals surface area contributed by atoms with Gasteiger partial charge in [0.2, 0.25) is 10.0 Å². The third kappa shape index (κ3) is 3.36. The van der Waals surface area contributed by atoms with Crippen LogP contribution < -0.4 is 9.62 Å². The van der Waals surface area contributed by atoms with Gasteiger partial charge in [0.1, 0.15) is 0 Å². The van der Waals surface area contributed by atoms with Gasteiger partial charge in [-0.15, -0.1) is 0 Å². The molecule has 0 unspecified atom stereocenters. The largest absolute Gasteiger partial charge is 0.378 e. The molecule has 1 N–H and O–H groups in total. The van der Waals surface area contributed by atoms with Crippen molar-refractivity contribution in [2.24, 2.45) is 0 Å². The second-order valence-electron chi connectivity index (χ2n) is 5.16. The predicted octanol–water partition coefficient (Wildman–Crippen LogP) is 2.29. The van der Waals surface area contributed by atoms with Gasteiger partial charge in [0.15, 0.2) is 0 Å². The molecule has 0 saturated heterocycles. The number of sulfonamides is 1. The molecular weight excluding hydrogens is 236 g/mol. The number of hydrogen-bond acceptors (Lipinski definition) is 3. The van der Waals surface area contributed by atoms with Crippen LogP contribution >= 0.6 is 0 Å². The maximum atomic E-state index is 11.9. The van der Waals surface area contributed by atoms with E-state index in [2.05, 4.69) is 4.72 Å². The van der Waals surface area contributed by atoms with Crippen molar-refractivity contribution >= 4 is 21.4 Å². The zero-order valence-corrected chi connectivity index (χ0v) is 11.8. The van der Waals surface area contributed by atoms with Crippen molar-refractivity contribution in [1.29, 1.82) is 0 Å². The molecule has 17 heavy (non-hydrogen) atoms. The Morgan fingerprint density at radius 1 is 1.06 bits per heavy atom. The molecule has 4 nitrogen and oxygen atoms in total. The second kappa shape index (κ2) is 4.56. The highest BCUT2D eigenvalue weighted by Gasteiger charge is 2.28. The van der Waals surface area contributed by atoms with Gasteiger partial charge in [0.25, 0.3) is 0 Å². The predicted molar refractivity (Wildman–Crippen MR) is 73.1 cm³/mol. The van der Waals surface area contributed by atoms with Crippen LogP contribution in [-0.2, 0) is 10.0 Å². The molecule has 0 aliphatic heterocycles. The van der Waals surface area contributed by atoms with Gasteiger partial charge < -0.3 is 4.90 Å². The van der Waals surface area contributed by atoms with Crippen molar-refractivity contribution in [3.05, 3.63) is 24.3 Å². The average Bonchev–Trinajstić information content (AvgIpc) is 2.16. The molecular formula is C12H20N2O2S. The summed E-state index contributed by atoms with van der Waals surface area (Å²) in [5.41, 5.74) is 1.62. The lowest BCUT2D eigenvalue weighted by atomic mass is 10.3. The first-order valence-electron chi connectivity index (χ1n) is 5.43. The Kier molecular flexibility index (Phi) is 3.71. The quantitative estimate of drug-likeness (QED) is 0.902. The molecule has 96 valence electrons. The van der Waals surface area contributed by atoms with Crippen molar-refractivity contribution in [2.45, 2.75) is 25.5 Å². The Morgan fingerprint density at radius 3 is 1.88 bits per heavy atom. The van der Waals surface area contributed by atoms with Crippen LogP contribution in [0.15, 0.2) is 24.3 Å². The van der Waals surface area contributed by atoms with Crippen LogP contribution in [0.25, 0.3) is 0 Å². The smallest absolute Gasteiger partial charge is 0.237 e. The van der Waals surface area contributed by atoms with Gasteiger partial charge in [-0.1, -0.05) is 0 Å². The van der Waals surface area contributed by atoms with Crippen LogP contribution in [0.1, 0.15) is 20.8 Å². The zero-order chi connectivity index (χ0) is 13.3. The summed E-state index contributed by atoms with van der Waals surface area (Å²) < 4.78 is 25.6. The van der Waals surface area contributed by atoms with Crippen LogP contribution in [0, 0.1) is 0 Å². The first-order valence-corrected chi connectivity index (χ1v) is 6.91. The molecule has 0 aliphatic rings. The summed E-state index contributed by atoms with van der Waals surface area (Å²) in [5.74, 6) is 0. The molecule has 5 heteroatoms.